The number of rotatable bonds is 4. The molecule has 0 aromatic carbocycles. The van der Waals surface area contributed by atoms with Gasteiger partial charge in [-0.15, -0.1) is 0 Å². The maximum Gasteiger partial charge on any atom is 0.116 e. The number of hydrogen-bond donors (Lipinski definition) is 1. The standard InChI is InChI=1S/C13H19N3/c1-4-14-9-11-12-7-5-6-8-16(12)13(15-11)10(2)3/h5-8,10,14H,4,9H2,1-3H3. The molecule has 2 heterocycles. The highest BCUT2D eigenvalue weighted by Gasteiger charge is 2.12. The molecule has 0 amide bonds. The van der Waals surface area contributed by atoms with Crippen molar-refractivity contribution in [2.75, 3.05) is 6.54 Å². The number of fused-ring (bicyclic) bond motifs is 1. The Morgan fingerprint density at radius 3 is 2.88 bits per heavy atom. The largest absolute Gasteiger partial charge is 0.311 e. The zero-order chi connectivity index (χ0) is 11.5. The zero-order valence-corrected chi connectivity index (χ0v) is 10.2. The van der Waals surface area contributed by atoms with Crippen molar-refractivity contribution in [2.45, 2.75) is 33.2 Å². The van der Waals surface area contributed by atoms with Gasteiger partial charge < -0.3 is 9.72 Å². The van der Waals surface area contributed by atoms with E-state index >= 15 is 0 Å². The summed E-state index contributed by atoms with van der Waals surface area (Å²) in [5, 5.41) is 3.33. The van der Waals surface area contributed by atoms with Crippen molar-refractivity contribution in [3.05, 3.63) is 35.9 Å². The summed E-state index contributed by atoms with van der Waals surface area (Å²) < 4.78 is 2.19. The molecule has 0 aliphatic rings. The van der Waals surface area contributed by atoms with Crippen molar-refractivity contribution < 1.29 is 0 Å². The maximum absolute atomic E-state index is 4.73. The fraction of sp³-hybridized carbons (Fsp3) is 0.462. The van der Waals surface area contributed by atoms with Crippen LogP contribution in [-0.2, 0) is 6.54 Å². The zero-order valence-electron chi connectivity index (χ0n) is 10.2. The van der Waals surface area contributed by atoms with Gasteiger partial charge in [0.25, 0.3) is 0 Å². The van der Waals surface area contributed by atoms with Crippen LogP contribution in [0.4, 0.5) is 0 Å². The van der Waals surface area contributed by atoms with Gasteiger partial charge in [0.1, 0.15) is 5.82 Å². The highest BCUT2D eigenvalue weighted by molar-refractivity contribution is 5.53. The summed E-state index contributed by atoms with van der Waals surface area (Å²) in [5.74, 6) is 1.59. The fourth-order valence-electron chi connectivity index (χ4n) is 1.91. The van der Waals surface area contributed by atoms with E-state index in [0.29, 0.717) is 5.92 Å². The van der Waals surface area contributed by atoms with Crippen LogP contribution in [-0.4, -0.2) is 15.9 Å². The maximum atomic E-state index is 4.73. The normalized spacial score (nSPS) is 11.5. The van der Waals surface area contributed by atoms with Crippen molar-refractivity contribution >= 4 is 5.52 Å². The fourth-order valence-corrected chi connectivity index (χ4v) is 1.91. The molecule has 1 N–H and O–H groups in total. The van der Waals surface area contributed by atoms with Crippen molar-refractivity contribution in [2.24, 2.45) is 0 Å². The smallest absolute Gasteiger partial charge is 0.116 e. The van der Waals surface area contributed by atoms with Crippen LogP contribution in [0.3, 0.4) is 0 Å². The Kier molecular flexibility index (Phi) is 3.25. The minimum Gasteiger partial charge on any atom is -0.311 e. The van der Waals surface area contributed by atoms with E-state index in [1.165, 1.54) is 5.52 Å². The van der Waals surface area contributed by atoms with Gasteiger partial charge in [-0.05, 0) is 18.7 Å². The third kappa shape index (κ3) is 1.95. The molecule has 2 rings (SSSR count). The van der Waals surface area contributed by atoms with Crippen LogP contribution in [0.2, 0.25) is 0 Å². The van der Waals surface area contributed by atoms with Crippen LogP contribution < -0.4 is 5.32 Å². The van der Waals surface area contributed by atoms with E-state index in [9.17, 15) is 0 Å². The highest BCUT2D eigenvalue weighted by atomic mass is 15.0. The second-order valence-electron chi connectivity index (χ2n) is 4.31. The SMILES string of the molecule is CCNCc1nc(C(C)C)n2ccccc12. The molecule has 2 aromatic heterocycles. The molecule has 3 nitrogen and oxygen atoms in total. The van der Waals surface area contributed by atoms with Crippen molar-refractivity contribution in [1.29, 1.82) is 0 Å². The summed E-state index contributed by atoms with van der Waals surface area (Å²) in [7, 11) is 0. The quantitative estimate of drug-likeness (QED) is 0.853. The highest BCUT2D eigenvalue weighted by Crippen LogP contribution is 2.19. The number of aromatic nitrogens is 2. The van der Waals surface area contributed by atoms with Crippen molar-refractivity contribution in [1.82, 2.24) is 14.7 Å². The monoisotopic (exact) mass is 217 g/mol. The van der Waals surface area contributed by atoms with Gasteiger partial charge in [-0.2, -0.15) is 0 Å². The Bertz CT molecular complexity index is 471. The molecule has 0 unspecified atom stereocenters. The lowest BCUT2D eigenvalue weighted by molar-refractivity contribution is 0.707. The predicted octanol–water partition coefficient (Wildman–Crippen LogP) is 2.57. The summed E-state index contributed by atoms with van der Waals surface area (Å²) in [6.45, 7) is 8.29. The first kappa shape index (κ1) is 11.1. The summed E-state index contributed by atoms with van der Waals surface area (Å²) >= 11 is 0. The van der Waals surface area contributed by atoms with E-state index in [0.717, 1.165) is 24.6 Å². The van der Waals surface area contributed by atoms with Gasteiger partial charge in [0.2, 0.25) is 0 Å². The number of imidazole rings is 1. The number of pyridine rings is 1. The molecular formula is C13H19N3. The second-order valence-corrected chi connectivity index (χ2v) is 4.31. The minimum absolute atomic E-state index is 0.449. The van der Waals surface area contributed by atoms with Crippen LogP contribution in [0.5, 0.6) is 0 Å². The molecule has 0 fully saturated rings. The van der Waals surface area contributed by atoms with Gasteiger partial charge in [0.15, 0.2) is 0 Å². The number of nitrogens with one attached hydrogen (secondary N) is 1. The molecule has 3 heteroatoms. The molecule has 0 atom stereocenters. The van der Waals surface area contributed by atoms with E-state index in [1.807, 2.05) is 0 Å². The molecule has 0 bridgehead atoms. The van der Waals surface area contributed by atoms with Gasteiger partial charge >= 0.3 is 0 Å². The van der Waals surface area contributed by atoms with E-state index in [2.05, 4.69) is 54.9 Å². The van der Waals surface area contributed by atoms with Gasteiger partial charge in [-0.1, -0.05) is 26.8 Å². The lowest BCUT2D eigenvalue weighted by Gasteiger charge is -2.02. The van der Waals surface area contributed by atoms with E-state index in [-0.39, 0.29) is 0 Å². The van der Waals surface area contributed by atoms with Gasteiger partial charge in [-0.25, -0.2) is 4.98 Å². The molecule has 0 aliphatic carbocycles. The Labute approximate surface area is 96.5 Å². The third-order valence-corrected chi connectivity index (χ3v) is 2.71. The Hall–Kier alpha value is -1.35. The predicted molar refractivity (Wildman–Crippen MR) is 66.7 cm³/mol. The molecule has 0 aliphatic heterocycles. The Morgan fingerprint density at radius 1 is 1.38 bits per heavy atom. The average molecular weight is 217 g/mol. The Balaban J connectivity index is 2.49. The molecule has 0 saturated carbocycles. The Morgan fingerprint density at radius 2 is 2.19 bits per heavy atom. The molecule has 16 heavy (non-hydrogen) atoms. The van der Waals surface area contributed by atoms with Crippen molar-refractivity contribution in [3.63, 3.8) is 0 Å². The van der Waals surface area contributed by atoms with Gasteiger partial charge in [0, 0.05) is 18.7 Å². The molecular weight excluding hydrogens is 198 g/mol. The summed E-state index contributed by atoms with van der Waals surface area (Å²) in [6.07, 6.45) is 2.09. The number of hydrogen-bond acceptors (Lipinski definition) is 2. The van der Waals surface area contributed by atoms with E-state index in [4.69, 9.17) is 4.98 Å². The molecule has 0 spiro atoms. The lowest BCUT2D eigenvalue weighted by Crippen LogP contribution is -2.12. The molecule has 0 saturated heterocycles. The minimum atomic E-state index is 0.449. The lowest BCUT2D eigenvalue weighted by atomic mass is 10.2. The summed E-state index contributed by atoms with van der Waals surface area (Å²) in [4.78, 5) is 4.73. The molecule has 86 valence electrons. The van der Waals surface area contributed by atoms with Crippen LogP contribution in [0.1, 0.15) is 38.2 Å². The second kappa shape index (κ2) is 4.66. The third-order valence-electron chi connectivity index (χ3n) is 2.71. The van der Waals surface area contributed by atoms with Crippen LogP contribution in [0.15, 0.2) is 24.4 Å². The first-order valence-electron chi connectivity index (χ1n) is 5.90. The van der Waals surface area contributed by atoms with Crippen LogP contribution >= 0.6 is 0 Å². The summed E-state index contributed by atoms with van der Waals surface area (Å²) in [6, 6.07) is 6.25. The van der Waals surface area contributed by atoms with Crippen LogP contribution in [0, 0.1) is 0 Å². The van der Waals surface area contributed by atoms with Crippen LogP contribution in [0.25, 0.3) is 5.52 Å². The topological polar surface area (TPSA) is 29.3 Å². The molecule has 2 aromatic rings. The summed E-state index contributed by atoms with van der Waals surface area (Å²) in [5.41, 5.74) is 2.36. The van der Waals surface area contributed by atoms with E-state index in [1.54, 1.807) is 0 Å². The molecule has 0 radical (unpaired) electrons. The first-order chi connectivity index (χ1) is 7.74. The van der Waals surface area contributed by atoms with Gasteiger partial charge in [-0.3, -0.25) is 0 Å². The number of nitrogens with zero attached hydrogens (tertiary/aromatic N) is 2. The van der Waals surface area contributed by atoms with Crippen molar-refractivity contribution in [3.8, 4) is 0 Å². The van der Waals surface area contributed by atoms with Gasteiger partial charge in [0.05, 0.1) is 11.2 Å². The van der Waals surface area contributed by atoms with E-state index < -0.39 is 0 Å². The average Bonchev–Trinajstić information content (AvgIpc) is 2.65. The first-order valence-corrected chi connectivity index (χ1v) is 5.90.